The molecule has 5 heteroatoms. The molecule has 1 aromatic carbocycles. The normalized spacial score (nSPS) is 10.2. The Hall–Kier alpha value is -1.20. The molecule has 2 aromatic rings. The Balaban J connectivity index is 2.22. The fourth-order valence-electron chi connectivity index (χ4n) is 1.50. The van der Waals surface area contributed by atoms with Crippen molar-refractivity contribution in [3.8, 4) is 5.75 Å². The van der Waals surface area contributed by atoms with E-state index in [0.717, 1.165) is 21.3 Å². The highest BCUT2D eigenvalue weighted by molar-refractivity contribution is 9.10. The molecule has 0 fully saturated rings. The molecule has 0 aliphatic heterocycles. The summed E-state index contributed by atoms with van der Waals surface area (Å²) in [5.74, 6) is 0.624. The van der Waals surface area contributed by atoms with Crippen molar-refractivity contribution in [1.29, 1.82) is 0 Å². The third kappa shape index (κ3) is 2.92. The minimum atomic E-state index is 0.390. The third-order valence-corrected chi connectivity index (χ3v) is 3.43. The molecule has 0 atom stereocenters. The Morgan fingerprint density at radius 3 is 3.00 bits per heavy atom. The summed E-state index contributed by atoms with van der Waals surface area (Å²) in [6.07, 6.45) is 2.54. The van der Waals surface area contributed by atoms with Gasteiger partial charge in [-0.05, 0) is 24.6 Å². The molecular formula is C12H10BrNO2S. The summed E-state index contributed by atoms with van der Waals surface area (Å²) >= 11 is 4.88. The maximum atomic E-state index is 11.0. The largest absolute Gasteiger partial charge is 0.485 e. The lowest BCUT2D eigenvalue weighted by molar-refractivity contribution is 0.111. The van der Waals surface area contributed by atoms with Crippen molar-refractivity contribution in [2.45, 2.75) is 13.5 Å². The standard InChI is InChI=1S/C12H10BrNO2S/c1-8-4-10(13)5-9(6-15)12(8)16-7-11-14-2-3-17-11/h2-6H,7H2,1H3. The number of aromatic nitrogens is 1. The number of benzene rings is 1. The number of ether oxygens (including phenoxy) is 1. The molecule has 0 unspecified atom stereocenters. The van der Waals surface area contributed by atoms with Crippen LogP contribution in [0.3, 0.4) is 0 Å². The second-order valence-corrected chi connectivity index (χ2v) is 5.37. The number of rotatable bonds is 4. The first kappa shape index (κ1) is 12.3. The van der Waals surface area contributed by atoms with E-state index in [1.807, 2.05) is 18.4 Å². The molecule has 2 rings (SSSR count). The Bertz CT molecular complexity index is 526. The molecule has 17 heavy (non-hydrogen) atoms. The molecule has 1 aromatic heterocycles. The van der Waals surface area contributed by atoms with E-state index in [1.54, 1.807) is 12.3 Å². The van der Waals surface area contributed by atoms with Crippen LogP contribution >= 0.6 is 27.3 Å². The van der Waals surface area contributed by atoms with Gasteiger partial charge in [-0.25, -0.2) is 4.98 Å². The van der Waals surface area contributed by atoms with Crippen molar-refractivity contribution < 1.29 is 9.53 Å². The van der Waals surface area contributed by atoms with Crippen LogP contribution in [0.25, 0.3) is 0 Å². The first-order chi connectivity index (χ1) is 8.20. The van der Waals surface area contributed by atoms with Crippen molar-refractivity contribution in [3.63, 3.8) is 0 Å². The fraction of sp³-hybridized carbons (Fsp3) is 0.167. The van der Waals surface area contributed by atoms with Gasteiger partial charge in [0.15, 0.2) is 6.29 Å². The van der Waals surface area contributed by atoms with Gasteiger partial charge in [0.25, 0.3) is 0 Å². The monoisotopic (exact) mass is 311 g/mol. The Morgan fingerprint density at radius 1 is 1.53 bits per heavy atom. The summed E-state index contributed by atoms with van der Waals surface area (Å²) in [4.78, 5) is 15.1. The molecule has 0 spiro atoms. The molecule has 0 bridgehead atoms. The van der Waals surface area contributed by atoms with Crippen molar-refractivity contribution in [2.75, 3.05) is 0 Å². The third-order valence-electron chi connectivity index (χ3n) is 2.22. The highest BCUT2D eigenvalue weighted by atomic mass is 79.9. The van der Waals surface area contributed by atoms with Crippen LogP contribution in [0.5, 0.6) is 5.75 Å². The zero-order chi connectivity index (χ0) is 12.3. The number of nitrogens with zero attached hydrogens (tertiary/aromatic N) is 1. The number of aryl methyl sites for hydroxylation is 1. The van der Waals surface area contributed by atoms with Crippen molar-refractivity contribution in [3.05, 3.63) is 44.3 Å². The SMILES string of the molecule is Cc1cc(Br)cc(C=O)c1OCc1nccs1. The number of carbonyl (C=O) groups is 1. The first-order valence-electron chi connectivity index (χ1n) is 4.97. The molecule has 0 aliphatic carbocycles. The zero-order valence-electron chi connectivity index (χ0n) is 9.14. The summed E-state index contributed by atoms with van der Waals surface area (Å²) < 4.78 is 6.53. The van der Waals surface area contributed by atoms with Gasteiger partial charge in [-0.1, -0.05) is 15.9 Å². The topological polar surface area (TPSA) is 39.2 Å². The van der Waals surface area contributed by atoms with Gasteiger partial charge in [-0.3, -0.25) is 4.79 Å². The van der Waals surface area contributed by atoms with Crippen LogP contribution < -0.4 is 4.74 Å². The number of hydrogen-bond donors (Lipinski definition) is 0. The van der Waals surface area contributed by atoms with Crippen LogP contribution in [0.4, 0.5) is 0 Å². The first-order valence-corrected chi connectivity index (χ1v) is 6.64. The lowest BCUT2D eigenvalue weighted by Gasteiger charge is -2.10. The Morgan fingerprint density at radius 2 is 2.35 bits per heavy atom. The average molecular weight is 312 g/mol. The van der Waals surface area contributed by atoms with Gasteiger partial charge in [-0.2, -0.15) is 0 Å². The number of carbonyl (C=O) groups excluding carboxylic acids is 1. The van der Waals surface area contributed by atoms with E-state index < -0.39 is 0 Å². The summed E-state index contributed by atoms with van der Waals surface area (Å²) in [6.45, 7) is 2.30. The summed E-state index contributed by atoms with van der Waals surface area (Å²) in [5.41, 5.74) is 1.48. The van der Waals surface area contributed by atoms with Crippen molar-refractivity contribution >= 4 is 33.6 Å². The number of thiazole rings is 1. The predicted molar refractivity (Wildman–Crippen MR) is 70.7 cm³/mol. The number of halogens is 1. The number of aldehydes is 1. The lowest BCUT2D eigenvalue weighted by Crippen LogP contribution is -2.00. The lowest BCUT2D eigenvalue weighted by atomic mass is 10.1. The molecule has 0 amide bonds. The second-order valence-electron chi connectivity index (χ2n) is 3.47. The van der Waals surface area contributed by atoms with Crippen LogP contribution in [0, 0.1) is 6.92 Å². The van der Waals surface area contributed by atoms with E-state index in [2.05, 4.69) is 20.9 Å². The zero-order valence-corrected chi connectivity index (χ0v) is 11.5. The molecular weight excluding hydrogens is 302 g/mol. The van der Waals surface area contributed by atoms with E-state index in [1.165, 1.54) is 11.3 Å². The molecule has 88 valence electrons. The number of hydrogen-bond acceptors (Lipinski definition) is 4. The quantitative estimate of drug-likeness (QED) is 0.810. The van der Waals surface area contributed by atoms with E-state index in [-0.39, 0.29) is 0 Å². The summed E-state index contributed by atoms with van der Waals surface area (Å²) in [5, 5.41) is 2.79. The highest BCUT2D eigenvalue weighted by Gasteiger charge is 2.09. The van der Waals surface area contributed by atoms with Gasteiger partial charge in [-0.15, -0.1) is 11.3 Å². The fourth-order valence-corrected chi connectivity index (χ4v) is 2.62. The summed E-state index contributed by atoms with van der Waals surface area (Å²) in [7, 11) is 0. The molecule has 1 heterocycles. The minimum Gasteiger partial charge on any atom is -0.485 e. The minimum absolute atomic E-state index is 0.390. The predicted octanol–water partition coefficient (Wildman–Crippen LogP) is 3.61. The van der Waals surface area contributed by atoms with Gasteiger partial charge in [0.1, 0.15) is 17.4 Å². The smallest absolute Gasteiger partial charge is 0.153 e. The van der Waals surface area contributed by atoms with E-state index in [4.69, 9.17) is 4.74 Å². The molecule has 0 aliphatic rings. The molecule has 0 saturated heterocycles. The van der Waals surface area contributed by atoms with Gasteiger partial charge in [0.05, 0.1) is 5.56 Å². The van der Waals surface area contributed by atoms with Crippen LogP contribution in [0.15, 0.2) is 28.2 Å². The Labute approximate surface area is 112 Å². The second kappa shape index (κ2) is 5.42. The van der Waals surface area contributed by atoms with Crippen LogP contribution in [0.2, 0.25) is 0 Å². The molecule has 3 nitrogen and oxygen atoms in total. The van der Waals surface area contributed by atoms with Crippen LogP contribution in [-0.2, 0) is 6.61 Å². The summed E-state index contributed by atoms with van der Waals surface area (Å²) in [6, 6.07) is 3.67. The molecule has 0 N–H and O–H groups in total. The maximum Gasteiger partial charge on any atom is 0.153 e. The van der Waals surface area contributed by atoms with Crippen LogP contribution in [-0.4, -0.2) is 11.3 Å². The van der Waals surface area contributed by atoms with Gasteiger partial charge < -0.3 is 4.74 Å². The Kier molecular flexibility index (Phi) is 3.91. The molecule has 0 radical (unpaired) electrons. The van der Waals surface area contributed by atoms with E-state index in [9.17, 15) is 4.79 Å². The van der Waals surface area contributed by atoms with Crippen LogP contribution in [0.1, 0.15) is 20.9 Å². The van der Waals surface area contributed by atoms with Gasteiger partial charge >= 0.3 is 0 Å². The average Bonchev–Trinajstić information content (AvgIpc) is 2.79. The van der Waals surface area contributed by atoms with Crippen molar-refractivity contribution in [2.24, 2.45) is 0 Å². The highest BCUT2D eigenvalue weighted by Crippen LogP contribution is 2.27. The van der Waals surface area contributed by atoms with Gasteiger partial charge in [0, 0.05) is 16.0 Å². The van der Waals surface area contributed by atoms with E-state index >= 15 is 0 Å². The van der Waals surface area contributed by atoms with E-state index in [0.29, 0.717) is 17.9 Å². The maximum absolute atomic E-state index is 11.0. The van der Waals surface area contributed by atoms with Crippen molar-refractivity contribution in [1.82, 2.24) is 4.98 Å². The van der Waals surface area contributed by atoms with Gasteiger partial charge in [0.2, 0.25) is 0 Å². The molecule has 0 saturated carbocycles.